The minimum absolute atomic E-state index is 0.00960. The largest absolute Gasteiger partial charge is 0.469 e. The van der Waals surface area contributed by atoms with E-state index in [9.17, 15) is 18.8 Å². The number of nitrogens with one attached hydrogen (secondary N) is 1. The Bertz CT molecular complexity index is 1590. The summed E-state index contributed by atoms with van der Waals surface area (Å²) in [5.41, 5.74) is -0.934. The van der Waals surface area contributed by atoms with Crippen molar-refractivity contribution in [3.63, 3.8) is 0 Å². The van der Waals surface area contributed by atoms with Gasteiger partial charge in [0, 0.05) is 17.5 Å². The molecule has 10 nitrogen and oxygen atoms in total. The number of hydrogen-bond donors (Lipinski definition) is 1. The molecule has 0 bridgehead atoms. The van der Waals surface area contributed by atoms with E-state index >= 15 is 0 Å². The van der Waals surface area contributed by atoms with Crippen LogP contribution in [0.4, 0.5) is 10.1 Å². The molecule has 192 valence electrons. The number of esters is 1. The number of hydrogen-bond acceptors (Lipinski definition) is 8. The van der Waals surface area contributed by atoms with Gasteiger partial charge in [0.15, 0.2) is 0 Å². The Morgan fingerprint density at radius 2 is 1.92 bits per heavy atom. The van der Waals surface area contributed by atoms with Crippen molar-refractivity contribution in [2.45, 2.75) is 20.0 Å². The maximum atomic E-state index is 13.4. The molecule has 0 aliphatic heterocycles. The van der Waals surface area contributed by atoms with Crippen molar-refractivity contribution in [3.8, 4) is 11.6 Å². The zero-order valence-electron chi connectivity index (χ0n) is 19.7. The lowest BCUT2D eigenvalue weighted by Crippen LogP contribution is -2.51. The third kappa shape index (κ3) is 6.40. The molecule has 0 aliphatic carbocycles. The number of nitrogens with zero attached hydrogens (tertiary/aromatic N) is 4. The number of halogens is 2. The molecule has 37 heavy (non-hydrogen) atoms. The summed E-state index contributed by atoms with van der Waals surface area (Å²) >= 11 is 7.34. The molecule has 0 spiro atoms. The van der Waals surface area contributed by atoms with E-state index in [4.69, 9.17) is 21.1 Å². The molecule has 3 aromatic heterocycles. The molecule has 3 heterocycles. The van der Waals surface area contributed by atoms with Crippen molar-refractivity contribution in [2.24, 2.45) is 10.9 Å². The van der Waals surface area contributed by atoms with Gasteiger partial charge in [-0.1, -0.05) is 18.5 Å². The molecule has 4 aromatic rings. The topological polar surface area (TPSA) is 121 Å². The monoisotopic (exact) mass is 545 g/mol. The maximum absolute atomic E-state index is 13.4. The molecule has 0 saturated heterocycles. The summed E-state index contributed by atoms with van der Waals surface area (Å²) in [5.74, 6) is -1.10. The number of aromatic nitrogens is 4. The summed E-state index contributed by atoms with van der Waals surface area (Å²) in [6, 6.07) is 12.6. The van der Waals surface area contributed by atoms with Crippen molar-refractivity contribution in [3.05, 3.63) is 96.3 Å². The number of aromatic amines is 1. The van der Waals surface area contributed by atoms with E-state index in [1.54, 1.807) is 43.3 Å². The minimum Gasteiger partial charge on any atom is -0.469 e. The number of methoxy groups -OCH3 is 1. The zero-order valence-corrected chi connectivity index (χ0v) is 21.3. The van der Waals surface area contributed by atoms with Gasteiger partial charge in [-0.15, -0.1) is 11.3 Å². The maximum Gasteiger partial charge on any atom is 0.335 e. The normalized spacial score (nSPS) is 12.4. The molecule has 13 heteroatoms. The van der Waals surface area contributed by atoms with Crippen molar-refractivity contribution in [2.75, 3.05) is 7.11 Å². The number of thiophene rings is 1. The highest BCUT2D eigenvalue weighted by atomic mass is 35.5. The lowest BCUT2D eigenvalue weighted by molar-refractivity contribution is -0.145. The lowest BCUT2D eigenvalue weighted by atomic mass is 10.2. The van der Waals surface area contributed by atoms with Gasteiger partial charge in [-0.3, -0.25) is 14.3 Å². The van der Waals surface area contributed by atoms with Crippen LogP contribution in [0, 0.1) is 11.7 Å². The average Bonchev–Trinajstić information content (AvgIpc) is 3.30. The van der Waals surface area contributed by atoms with Crippen molar-refractivity contribution in [1.82, 2.24) is 19.1 Å². The second-order valence-electron chi connectivity index (χ2n) is 7.89. The fourth-order valence-corrected chi connectivity index (χ4v) is 4.42. The number of benzene rings is 1. The Morgan fingerprint density at radius 1 is 1.16 bits per heavy atom. The molecular weight excluding hydrogens is 525 g/mol. The standard InChI is InChI=1S/C24H21ClFN5O5S/c1-14(21(32)35-2)12-31-23(33)29-22(30(24(31)34)13-18-8-9-19(25)37-18)28-16-4-6-17(7-5-16)36-20-10-3-15(26)11-27-20/h3-11,14H,12-13H2,1-2H3,(H,28,29,33)/t14-/m0/s1. The molecule has 0 saturated carbocycles. The number of carbonyl (C=O) groups is 1. The zero-order chi connectivity index (χ0) is 26.5. The van der Waals surface area contributed by atoms with E-state index in [0.717, 1.165) is 15.6 Å². The van der Waals surface area contributed by atoms with Crippen molar-refractivity contribution < 1.29 is 18.7 Å². The molecule has 1 N–H and O–H groups in total. The number of H-pyrrole nitrogens is 1. The van der Waals surface area contributed by atoms with Crippen LogP contribution in [0.2, 0.25) is 4.34 Å². The van der Waals surface area contributed by atoms with Gasteiger partial charge in [0.05, 0.1) is 35.8 Å². The summed E-state index contributed by atoms with van der Waals surface area (Å²) < 4.78 is 26.1. The lowest BCUT2D eigenvalue weighted by Gasteiger charge is -2.13. The highest BCUT2D eigenvalue weighted by Crippen LogP contribution is 2.23. The van der Waals surface area contributed by atoms with Crippen LogP contribution in [0.25, 0.3) is 0 Å². The van der Waals surface area contributed by atoms with Gasteiger partial charge < -0.3 is 9.47 Å². The van der Waals surface area contributed by atoms with Crippen LogP contribution < -0.4 is 21.7 Å². The van der Waals surface area contributed by atoms with Gasteiger partial charge in [-0.25, -0.2) is 28.5 Å². The van der Waals surface area contributed by atoms with E-state index in [1.165, 1.54) is 35.1 Å². The van der Waals surface area contributed by atoms with Gasteiger partial charge >= 0.3 is 17.3 Å². The molecule has 1 aromatic carbocycles. The molecular formula is C24H21ClFN5O5S. The third-order valence-corrected chi connectivity index (χ3v) is 6.39. The van der Waals surface area contributed by atoms with Crippen LogP contribution in [-0.4, -0.2) is 32.2 Å². The van der Waals surface area contributed by atoms with Crippen molar-refractivity contribution >= 4 is 34.6 Å². The second-order valence-corrected chi connectivity index (χ2v) is 9.69. The number of rotatable bonds is 8. The Morgan fingerprint density at radius 3 is 2.54 bits per heavy atom. The smallest absolute Gasteiger partial charge is 0.335 e. The molecule has 0 amide bonds. The van der Waals surface area contributed by atoms with Gasteiger partial charge in [-0.2, -0.15) is 0 Å². The summed E-state index contributed by atoms with van der Waals surface area (Å²) in [6.07, 6.45) is 1.04. The van der Waals surface area contributed by atoms with E-state index in [-0.39, 0.29) is 24.6 Å². The summed E-state index contributed by atoms with van der Waals surface area (Å²) in [4.78, 5) is 49.7. The van der Waals surface area contributed by atoms with E-state index in [2.05, 4.69) is 15.0 Å². The molecule has 1 atom stereocenters. The Labute approximate surface area is 218 Å². The predicted octanol–water partition coefficient (Wildman–Crippen LogP) is 3.47. The van der Waals surface area contributed by atoms with Crippen LogP contribution >= 0.6 is 22.9 Å². The molecule has 0 unspecified atom stereocenters. The molecule has 0 radical (unpaired) electrons. The quantitative estimate of drug-likeness (QED) is 0.338. The number of ether oxygens (including phenoxy) is 2. The van der Waals surface area contributed by atoms with E-state index in [1.807, 2.05) is 0 Å². The van der Waals surface area contributed by atoms with Crippen molar-refractivity contribution in [1.29, 1.82) is 0 Å². The van der Waals surface area contributed by atoms with E-state index in [0.29, 0.717) is 15.8 Å². The Hall–Kier alpha value is -4.03. The number of carbonyl (C=O) groups excluding carboxylic acids is 1. The first-order chi connectivity index (χ1) is 17.7. The number of pyridine rings is 1. The summed E-state index contributed by atoms with van der Waals surface area (Å²) in [7, 11) is 1.24. The van der Waals surface area contributed by atoms with Crippen LogP contribution in [-0.2, 0) is 22.6 Å². The minimum atomic E-state index is -0.723. The fraction of sp³-hybridized carbons (Fsp3) is 0.208. The third-order valence-electron chi connectivity index (χ3n) is 5.18. The van der Waals surface area contributed by atoms with Gasteiger partial charge in [0.1, 0.15) is 11.6 Å². The van der Waals surface area contributed by atoms with Gasteiger partial charge in [-0.05, 0) is 42.5 Å². The van der Waals surface area contributed by atoms with Gasteiger partial charge in [0.2, 0.25) is 11.5 Å². The fourth-order valence-electron chi connectivity index (χ4n) is 3.34. The highest BCUT2D eigenvalue weighted by molar-refractivity contribution is 7.16. The molecule has 4 rings (SSSR count). The Kier molecular flexibility index (Phi) is 7.99. The highest BCUT2D eigenvalue weighted by Gasteiger charge is 2.18. The van der Waals surface area contributed by atoms with Gasteiger partial charge in [0.25, 0.3) is 0 Å². The van der Waals surface area contributed by atoms with Crippen LogP contribution in [0.15, 0.2) is 69.3 Å². The van der Waals surface area contributed by atoms with Crippen LogP contribution in [0.5, 0.6) is 11.6 Å². The first-order valence-electron chi connectivity index (χ1n) is 10.9. The SMILES string of the molecule is COC(=O)[C@@H](C)Cn1c(=O)[nH]/c(=N\c2ccc(Oc3ccc(F)cn3)cc2)n(Cc2ccc(Cl)s2)c1=O. The summed E-state index contributed by atoms with van der Waals surface area (Å²) in [5, 5.41) is 0. The summed E-state index contributed by atoms with van der Waals surface area (Å²) in [6.45, 7) is 1.48. The average molecular weight is 546 g/mol. The van der Waals surface area contributed by atoms with E-state index < -0.39 is 29.1 Å². The second kappa shape index (κ2) is 11.4. The molecule has 0 fully saturated rings. The van der Waals surface area contributed by atoms with Crippen LogP contribution in [0.1, 0.15) is 11.8 Å². The predicted molar refractivity (Wildman–Crippen MR) is 135 cm³/mol. The first kappa shape index (κ1) is 26.0. The first-order valence-corrected chi connectivity index (χ1v) is 12.1. The molecule has 0 aliphatic rings. The van der Waals surface area contributed by atoms with Crippen LogP contribution in [0.3, 0.4) is 0 Å². The Balaban J connectivity index is 1.72.